The molecule has 0 amide bonds. The summed E-state index contributed by atoms with van der Waals surface area (Å²) in [7, 11) is 0. The van der Waals surface area contributed by atoms with Gasteiger partial charge in [0.1, 0.15) is 0 Å². The molecule has 5 nitrogen and oxygen atoms in total. The van der Waals surface area contributed by atoms with Crippen LogP contribution in [0.1, 0.15) is 42.8 Å². The third kappa shape index (κ3) is 4.32. The van der Waals surface area contributed by atoms with Gasteiger partial charge in [-0.25, -0.2) is 0 Å². The molecule has 2 heterocycles. The molecule has 118 valence electrons. The summed E-state index contributed by atoms with van der Waals surface area (Å²) in [5.74, 6) is 0. The van der Waals surface area contributed by atoms with Gasteiger partial charge in [-0.3, -0.25) is 9.36 Å². The minimum atomic E-state index is 0. The molecule has 0 aromatic carbocycles. The molecule has 2 aromatic rings. The van der Waals surface area contributed by atoms with Crippen LogP contribution in [0.2, 0.25) is 0 Å². The highest BCUT2D eigenvalue weighted by atomic mass is 35.5. The smallest absolute Gasteiger partial charge is 0.0638 e. The van der Waals surface area contributed by atoms with Crippen molar-refractivity contribution >= 4 is 12.4 Å². The zero-order chi connectivity index (χ0) is 14.5. The maximum absolute atomic E-state index is 4.53. The topological polar surface area (TPSA) is 47.7 Å². The van der Waals surface area contributed by atoms with Gasteiger partial charge < -0.3 is 5.32 Å². The molecule has 0 aliphatic carbocycles. The summed E-state index contributed by atoms with van der Waals surface area (Å²) in [4.78, 5) is 0. The maximum atomic E-state index is 4.53. The Labute approximate surface area is 133 Å². The average molecular weight is 312 g/mol. The van der Waals surface area contributed by atoms with E-state index in [9.17, 15) is 0 Å². The first-order valence-electron chi connectivity index (χ1n) is 7.40. The van der Waals surface area contributed by atoms with Crippen molar-refractivity contribution in [3.63, 3.8) is 0 Å². The summed E-state index contributed by atoms with van der Waals surface area (Å²) >= 11 is 0. The summed E-state index contributed by atoms with van der Waals surface area (Å²) < 4.78 is 4.09. The van der Waals surface area contributed by atoms with Crippen LogP contribution in [0, 0.1) is 13.8 Å². The van der Waals surface area contributed by atoms with Crippen LogP contribution in [-0.2, 0) is 26.2 Å². The van der Waals surface area contributed by atoms with Crippen molar-refractivity contribution in [2.45, 2.75) is 60.3 Å². The molecular formula is C15H26ClN5. The summed E-state index contributed by atoms with van der Waals surface area (Å²) in [6.45, 7) is 12.1. The van der Waals surface area contributed by atoms with E-state index < -0.39 is 0 Å². The number of nitrogens with one attached hydrogen (secondary N) is 1. The molecule has 21 heavy (non-hydrogen) atoms. The third-order valence-electron chi connectivity index (χ3n) is 3.57. The highest BCUT2D eigenvalue weighted by Gasteiger charge is 2.07. The molecule has 0 saturated carbocycles. The van der Waals surface area contributed by atoms with Crippen LogP contribution in [-0.4, -0.2) is 19.6 Å². The lowest BCUT2D eigenvalue weighted by Gasteiger charge is -2.07. The minimum Gasteiger partial charge on any atom is -0.307 e. The van der Waals surface area contributed by atoms with Crippen LogP contribution >= 0.6 is 12.4 Å². The van der Waals surface area contributed by atoms with E-state index in [0.29, 0.717) is 0 Å². The zero-order valence-corrected chi connectivity index (χ0v) is 14.2. The second kappa shape index (κ2) is 8.20. The average Bonchev–Trinajstić information content (AvgIpc) is 2.95. The van der Waals surface area contributed by atoms with Crippen LogP contribution in [0.25, 0.3) is 0 Å². The number of aryl methyl sites for hydroxylation is 4. The van der Waals surface area contributed by atoms with Crippen molar-refractivity contribution in [2.24, 2.45) is 0 Å². The maximum Gasteiger partial charge on any atom is 0.0638 e. The number of halogens is 1. The van der Waals surface area contributed by atoms with Crippen molar-refractivity contribution in [1.82, 2.24) is 24.9 Å². The molecule has 0 unspecified atom stereocenters. The Morgan fingerprint density at radius 2 is 1.95 bits per heavy atom. The van der Waals surface area contributed by atoms with Crippen molar-refractivity contribution in [1.29, 1.82) is 0 Å². The Morgan fingerprint density at radius 1 is 1.19 bits per heavy atom. The van der Waals surface area contributed by atoms with Crippen LogP contribution in [0.15, 0.2) is 12.4 Å². The monoisotopic (exact) mass is 311 g/mol. The largest absolute Gasteiger partial charge is 0.307 e. The third-order valence-corrected chi connectivity index (χ3v) is 3.57. The van der Waals surface area contributed by atoms with E-state index in [4.69, 9.17) is 0 Å². The van der Waals surface area contributed by atoms with Crippen LogP contribution < -0.4 is 5.32 Å². The molecule has 1 N–H and O–H groups in total. The van der Waals surface area contributed by atoms with Crippen LogP contribution in [0.5, 0.6) is 0 Å². The number of hydrogen-bond acceptors (Lipinski definition) is 3. The summed E-state index contributed by atoms with van der Waals surface area (Å²) in [6.07, 6.45) is 5.20. The minimum absolute atomic E-state index is 0. The molecule has 2 aromatic heterocycles. The van der Waals surface area contributed by atoms with Gasteiger partial charge in [-0.15, -0.1) is 12.4 Å². The number of rotatable bonds is 7. The Balaban J connectivity index is 0.00000220. The van der Waals surface area contributed by atoms with E-state index in [2.05, 4.69) is 54.1 Å². The van der Waals surface area contributed by atoms with Crippen molar-refractivity contribution in [2.75, 3.05) is 0 Å². The molecule has 0 saturated heterocycles. The lowest BCUT2D eigenvalue weighted by atomic mass is 10.2. The molecule has 2 rings (SSSR count). The van der Waals surface area contributed by atoms with Crippen LogP contribution in [0.4, 0.5) is 0 Å². The SMILES string of the molecule is CCCn1cc(CNCc2c(C)cnn2CC)c(C)n1.Cl. The van der Waals surface area contributed by atoms with E-state index in [1.165, 1.54) is 16.8 Å². The standard InChI is InChI=1S/C15H25N5.ClH/c1-5-7-19-11-14(13(4)18-19)9-16-10-15-12(3)8-17-20(15)6-2;/h8,11,16H,5-7,9-10H2,1-4H3;1H. The van der Waals surface area contributed by atoms with Gasteiger partial charge in [0.15, 0.2) is 0 Å². The highest BCUT2D eigenvalue weighted by Crippen LogP contribution is 2.09. The van der Waals surface area contributed by atoms with Gasteiger partial charge in [0.2, 0.25) is 0 Å². The number of aromatic nitrogens is 4. The molecule has 0 spiro atoms. The Bertz CT molecular complexity index is 558. The first-order valence-corrected chi connectivity index (χ1v) is 7.40. The Hall–Kier alpha value is -1.33. The fourth-order valence-electron chi connectivity index (χ4n) is 2.40. The quantitative estimate of drug-likeness (QED) is 0.855. The molecule has 6 heteroatoms. The van der Waals surface area contributed by atoms with Gasteiger partial charge in [0.05, 0.1) is 17.6 Å². The predicted octanol–water partition coefficient (Wildman–Crippen LogP) is 2.84. The highest BCUT2D eigenvalue weighted by molar-refractivity contribution is 5.85. The molecular weight excluding hydrogens is 286 g/mol. The van der Waals surface area contributed by atoms with Gasteiger partial charge in [-0.1, -0.05) is 6.92 Å². The predicted molar refractivity (Wildman–Crippen MR) is 87.7 cm³/mol. The van der Waals surface area contributed by atoms with Crippen LogP contribution in [0.3, 0.4) is 0 Å². The van der Waals surface area contributed by atoms with Crippen molar-refractivity contribution < 1.29 is 0 Å². The zero-order valence-electron chi connectivity index (χ0n) is 13.4. The first kappa shape index (κ1) is 17.7. The van der Waals surface area contributed by atoms with E-state index in [1.54, 1.807) is 0 Å². The molecule has 0 atom stereocenters. The fourth-order valence-corrected chi connectivity index (χ4v) is 2.40. The Morgan fingerprint density at radius 3 is 2.62 bits per heavy atom. The summed E-state index contributed by atoms with van der Waals surface area (Å²) in [5.41, 5.74) is 4.91. The molecule has 0 radical (unpaired) electrons. The van der Waals surface area contributed by atoms with Gasteiger partial charge >= 0.3 is 0 Å². The lowest BCUT2D eigenvalue weighted by molar-refractivity contribution is 0.578. The molecule has 0 fully saturated rings. The second-order valence-electron chi connectivity index (χ2n) is 5.20. The molecule has 0 aliphatic rings. The molecule has 0 bridgehead atoms. The summed E-state index contributed by atoms with van der Waals surface area (Å²) in [5, 5.41) is 12.4. The normalized spacial score (nSPS) is 10.7. The lowest BCUT2D eigenvalue weighted by Crippen LogP contribution is -2.17. The van der Waals surface area contributed by atoms with Gasteiger partial charge in [-0.05, 0) is 32.8 Å². The molecule has 0 aliphatic heterocycles. The Kier molecular flexibility index (Phi) is 6.92. The van der Waals surface area contributed by atoms with Gasteiger partial charge in [0.25, 0.3) is 0 Å². The number of hydrogen-bond donors (Lipinski definition) is 1. The summed E-state index contributed by atoms with van der Waals surface area (Å²) in [6, 6.07) is 0. The second-order valence-corrected chi connectivity index (χ2v) is 5.20. The van der Waals surface area contributed by atoms with E-state index in [1.807, 2.05) is 10.9 Å². The first-order chi connectivity index (χ1) is 9.65. The van der Waals surface area contributed by atoms with Gasteiger partial charge in [0, 0.05) is 37.9 Å². The van der Waals surface area contributed by atoms with Crippen molar-refractivity contribution in [3.8, 4) is 0 Å². The van der Waals surface area contributed by atoms with E-state index >= 15 is 0 Å². The van der Waals surface area contributed by atoms with Crippen molar-refractivity contribution in [3.05, 3.63) is 34.9 Å². The van der Waals surface area contributed by atoms with E-state index in [0.717, 1.165) is 38.3 Å². The van der Waals surface area contributed by atoms with E-state index in [-0.39, 0.29) is 12.4 Å². The van der Waals surface area contributed by atoms with Gasteiger partial charge in [-0.2, -0.15) is 10.2 Å². The fraction of sp³-hybridized carbons (Fsp3) is 0.600. The number of nitrogens with zero attached hydrogens (tertiary/aromatic N) is 4.